The molecular weight excluding hydrogens is 260 g/mol. The Labute approximate surface area is 128 Å². The van der Waals surface area contributed by atoms with Crippen LogP contribution in [0.5, 0.6) is 0 Å². The molecule has 4 atom stereocenters. The first-order valence-electron chi connectivity index (χ1n) is 8.42. The fraction of sp³-hybridized carbons (Fsp3) is 0.667. The van der Waals surface area contributed by atoms with Gasteiger partial charge in [0.2, 0.25) is 0 Å². The fourth-order valence-corrected chi connectivity index (χ4v) is 3.85. The van der Waals surface area contributed by atoms with Crippen LogP contribution in [0, 0.1) is 5.92 Å². The number of ether oxygens (including phenoxy) is 1. The minimum absolute atomic E-state index is 0.464. The number of nitrogens with one attached hydrogen (secondary N) is 1. The van der Waals surface area contributed by atoms with Gasteiger partial charge in [0.25, 0.3) is 0 Å². The summed E-state index contributed by atoms with van der Waals surface area (Å²) in [5.74, 6) is 0.700. The van der Waals surface area contributed by atoms with Gasteiger partial charge in [-0.15, -0.1) is 0 Å². The van der Waals surface area contributed by atoms with Gasteiger partial charge in [0.05, 0.1) is 6.10 Å². The Hall–Kier alpha value is -0.900. The summed E-state index contributed by atoms with van der Waals surface area (Å²) in [6, 6.07) is 12.0. The van der Waals surface area contributed by atoms with Crippen molar-refractivity contribution in [3.05, 3.63) is 35.9 Å². The van der Waals surface area contributed by atoms with E-state index in [1.807, 2.05) is 0 Å². The molecule has 116 valence electrons. The molecule has 2 aliphatic heterocycles. The highest BCUT2D eigenvalue weighted by atomic mass is 16.5. The molecule has 0 amide bonds. The van der Waals surface area contributed by atoms with Gasteiger partial charge in [0, 0.05) is 38.3 Å². The van der Waals surface area contributed by atoms with Crippen LogP contribution >= 0.6 is 0 Å². The third-order valence-electron chi connectivity index (χ3n) is 5.01. The summed E-state index contributed by atoms with van der Waals surface area (Å²) in [5, 5.41) is 3.64. The lowest BCUT2D eigenvalue weighted by molar-refractivity contribution is 0.0568. The fourth-order valence-electron chi connectivity index (χ4n) is 3.85. The monoisotopic (exact) mass is 288 g/mol. The first kappa shape index (κ1) is 15.0. The highest BCUT2D eigenvalue weighted by Crippen LogP contribution is 2.29. The van der Waals surface area contributed by atoms with Crippen LogP contribution in [0.4, 0.5) is 0 Å². The Morgan fingerprint density at radius 1 is 1.29 bits per heavy atom. The zero-order valence-electron chi connectivity index (χ0n) is 13.3. The van der Waals surface area contributed by atoms with E-state index in [1.54, 1.807) is 0 Å². The first-order chi connectivity index (χ1) is 10.3. The normalized spacial score (nSPS) is 34.2. The number of hydrogen-bond acceptors (Lipinski definition) is 3. The molecular formula is C18H28N2O. The number of rotatable bonds is 4. The molecule has 1 aromatic carbocycles. The quantitative estimate of drug-likeness (QED) is 0.922. The lowest BCUT2D eigenvalue weighted by Gasteiger charge is -2.41. The molecule has 4 unspecified atom stereocenters. The summed E-state index contributed by atoms with van der Waals surface area (Å²) >= 11 is 0. The molecule has 3 heteroatoms. The van der Waals surface area contributed by atoms with Gasteiger partial charge in [-0.3, -0.25) is 4.90 Å². The van der Waals surface area contributed by atoms with E-state index in [2.05, 4.69) is 54.4 Å². The molecule has 2 aliphatic rings. The average Bonchev–Trinajstić information content (AvgIpc) is 2.95. The predicted molar refractivity (Wildman–Crippen MR) is 86.4 cm³/mol. The van der Waals surface area contributed by atoms with Crippen molar-refractivity contribution < 1.29 is 4.74 Å². The van der Waals surface area contributed by atoms with E-state index < -0.39 is 0 Å². The van der Waals surface area contributed by atoms with Crippen LogP contribution in [-0.4, -0.2) is 43.3 Å². The summed E-state index contributed by atoms with van der Waals surface area (Å²) in [6.45, 7) is 8.83. The molecule has 0 radical (unpaired) electrons. The van der Waals surface area contributed by atoms with Gasteiger partial charge in [0.1, 0.15) is 0 Å². The molecule has 3 rings (SSSR count). The third-order valence-corrected chi connectivity index (χ3v) is 5.01. The molecule has 1 N–H and O–H groups in total. The Balaban J connectivity index is 1.72. The maximum Gasteiger partial charge on any atom is 0.0613 e. The molecule has 1 aromatic rings. The Bertz CT molecular complexity index is 436. The van der Waals surface area contributed by atoms with Crippen LogP contribution in [0.3, 0.4) is 0 Å². The molecule has 0 saturated carbocycles. The number of nitrogens with zero attached hydrogens (tertiary/aromatic N) is 1. The third kappa shape index (κ3) is 3.47. The summed E-state index contributed by atoms with van der Waals surface area (Å²) in [7, 11) is 0. The second kappa shape index (κ2) is 6.91. The van der Waals surface area contributed by atoms with E-state index in [0.29, 0.717) is 24.1 Å². The van der Waals surface area contributed by atoms with Gasteiger partial charge in [-0.2, -0.15) is 0 Å². The smallest absolute Gasteiger partial charge is 0.0613 e. The Kier molecular flexibility index (Phi) is 4.94. The maximum atomic E-state index is 5.88. The van der Waals surface area contributed by atoms with Gasteiger partial charge in [0.15, 0.2) is 0 Å². The van der Waals surface area contributed by atoms with E-state index >= 15 is 0 Å². The first-order valence-corrected chi connectivity index (χ1v) is 8.42. The van der Waals surface area contributed by atoms with Gasteiger partial charge in [-0.05, 0) is 31.2 Å². The second-order valence-electron chi connectivity index (χ2n) is 6.56. The van der Waals surface area contributed by atoms with Crippen molar-refractivity contribution in [2.45, 2.75) is 44.9 Å². The van der Waals surface area contributed by atoms with Gasteiger partial charge >= 0.3 is 0 Å². The van der Waals surface area contributed by atoms with E-state index in [-0.39, 0.29) is 0 Å². The molecule has 2 saturated heterocycles. The predicted octanol–water partition coefficient (Wildman–Crippen LogP) is 2.84. The minimum Gasteiger partial charge on any atom is -0.378 e. The molecule has 0 aromatic heterocycles. The van der Waals surface area contributed by atoms with Gasteiger partial charge < -0.3 is 10.1 Å². The van der Waals surface area contributed by atoms with Crippen LogP contribution < -0.4 is 5.32 Å². The van der Waals surface area contributed by atoms with E-state index in [1.165, 1.54) is 18.5 Å². The molecule has 2 fully saturated rings. The van der Waals surface area contributed by atoms with Crippen LogP contribution in [0.15, 0.2) is 30.3 Å². The average molecular weight is 288 g/mol. The van der Waals surface area contributed by atoms with Crippen molar-refractivity contribution in [2.75, 3.05) is 26.2 Å². The summed E-state index contributed by atoms with van der Waals surface area (Å²) in [5.41, 5.74) is 1.43. The SMILES string of the molecule is CCC1OCCC1CN1CC(C)NCC1c1ccccc1. The largest absolute Gasteiger partial charge is 0.378 e. The molecule has 21 heavy (non-hydrogen) atoms. The zero-order chi connectivity index (χ0) is 14.7. The van der Waals surface area contributed by atoms with Crippen molar-refractivity contribution in [1.82, 2.24) is 10.2 Å². The van der Waals surface area contributed by atoms with Crippen LogP contribution in [0.1, 0.15) is 38.3 Å². The van der Waals surface area contributed by atoms with Crippen LogP contribution in [0.25, 0.3) is 0 Å². The van der Waals surface area contributed by atoms with Crippen molar-refractivity contribution in [1.29, 1.82) is 0 Å². The second-order valence-corrected chi connectivity index (χ2v) is 6.56. The molecule has 0 bridgehead atoms. The van der Waals surface area contributed by atoms with Crippen LogP contribution in [0.2, 0.25) is 0 Å². The lowest BCUT2D eigenvalue weighted by atomic mass is 9.95. The number of hydrogen-bond donors (Lipinski definition) is 1. The van der Waals surface area contributed by atoms with Crippen molar-refractivity contribution in [3.63, 3.8) is 0 Å². The van der Waals surface area contributed by atoms with Crippen LogP contribution in [-0.2, 0) is 4.74 Å². The van der Waals surface area contributed by atoms with Gasteiger partial charge in [-0.25, -0.2) is 0 Å². The Morgan fingerprint density at radius 2 is 2.10 bits per heavy atom. The molecule has 2 heterocycles. The molecule has 0 spiro atoms. The number of piperazine rings is 1. The highest BCUT2D eigenvalue weighted by molar-refractivity contribution is 5.20. The highest BCUT2D eigenvalue weighted by Gasteiger charge is 2.33. The maximum absolute atomic E-state index is 5.88. The standard InChI is InChI=1S/C18H28N2O/c1-3-18-16(9-10-21-18)13-20-12-14(2)19-11-17(20)15-7-5-4-6-8-15/h4-8,14,16-19H,3,9-13H2,1-2H3. The summed E-state index contributed by atoms with van der Waals surface area (Å²) in [6.07, 6.45) is 2.83. The van der Waals surface area contributed by atoms with E-state index in [9.17, 15) is 0 Å². The van der Waals surface area contributed by atoms with E-state index in [0.717, 1.165) is 26.1 Å². The topological polar surface area (TPSA) is 24.5 Å². The summed E-state index contributed by atoms with van der Waals surface area (Å²) in [4.78, 5) is 2.68. The lowest BCUT2D eigenvalue weighted by Crippen LogP contribution is -2.52. The zero-order valence-corrected chi connectivity index (χ0v) is 13.3. The van der Waals surface area contributed by atoms with Gasteiger partial charge in [-0.1, -0.05) is 37.3 Å². The Morgan fingerprint density at radius 3 is 2.86 bits per heavy atom. The van der Waals surface area contributed by atoms with Crippen molar-refractivity contribution in [2.24, 2.45) is 5.92 Å². The molecule has 0 aliphatic carbocycles. The van der Waals surface area contributed by atoms with E-state index in [4.69, 9.17) is 4.74 Å². The number of benzene rings is 1. The summed E-state index contributed by atoms with van der Waals surface area (Å²) < 4.78 is 5.88. The minimum atomic E-state index is 0.464. The van der Waals surface area contributed by atoms with Crippen molar-refractivity contribution >= 4 is 0 Å². The molecule has 3 nitrogen and oxygen atoms in total. The van der Waals surface area contributed by atoms with Crippen molar-refractivity contribution in [3.8, 4) is 0 Å².